The molecule has 5 nitrogen and oxygen atoms in total. The molecule has 1 atom stereocenters. The summed E-state index contributed by atoms with van der Waals surface area (Å²) < 4.78 is 0. The van der Waals surface area contributed by atoms with E-state index >= 15 is 0 Å². The van der Waals surface area contributed by atoms with Crippen LogP contribution in [-0.4, -0.2) is 34.1 Å². The first-order valence-corrected chi connectivity index (χ1v) is 9.24. The molecular formula is C20H22N2O3S. The van der Waals surface area contributed by atoms with E-state index in [0.717, 1.165) is 11.3 Å². The Morgan fingerprint density at radius 1 is 1.23 bits per heavy atom. The van der Waals surface area contributed by atoms with Gasteiger partial charge in [0.25, 0.3) is 5.69 Å². The molecule has 2 aromatic carbocycles. The Bertz CT molecular complexity index is 747. The van der Waals surface area contributed by atoms with Crippen molar-refractivity contribution in [1.29, 1.82) is 0 Å². The van der Waals surface area contributed by atoms with Crippen LogP contribution in [-0.2, 0) is 11.2 Å². The molecule has 0 fully saturated rings. The fraction of sp³-hybridized carbons (Fsp3) is 0.250. The molecular weight excluding hydrogens is 348 g/mol. The van der Waals surface area contributed by atoms with Crippen molar-refractivity contribution in [2.75, 3.05) is 13.1 Å². The standard InChI is InChI=1S/C20H22N2O3S/c1-3-14-21(15-13-17-7-5-4-6-8-17)20(23)16(2)26-19-11-9-18(10-12-19)22(24)25/h3-12,16H,1,13-15H2,2H3. The number of rotatable bonds is 9. The van der Waals surface area contributed by atoms with Crippen LogP contribution in [0.2, 0.25) is 0 Å². The topological polar surface area (TPSA) is 63.5 Å². The second kappa shape index (κ2) is 9.77. The van der Waals surface area contributed by atoms with Gasteiger partial charge >= 0.3 is 0 Å². The van der Waals surface area contributed by atoms with Gasteiger partial charge in [-0.15, -0.1) is 18.3 Å². The van der Waals surface area contributed by atoms with E-state index in [1.165, 1.54) is 29.5 Å². The van der Waals surface area contributed by atoms with E-state index in [4.69, 9.17) is 0 Å². The third-order valence-corrected chi connectivity index (χ3v) is 4.98. The number of benzene rings is 2. The molecule has 6 heteroatoms. The zero-order chi connectivity index (χ0) is 18.9. The van der Waals surface area contributed by atoms with Gasteiger partial charge in [0, 0.05) is 30.1 Å². The van der Waals surface area contributed by atoms with Crippen molar-refractivity contribution < 1.29 is 9.72 Å². The summed E-state index contributed by atoms with van der Waals surface area (Å²) in [5, 5.41) is 10.4. The summed E-state index contributed by atoms with van der Waals surface area (Å²) in [4.78, 5) is 25.7. The number of carbonyl (C=O) groups excluding carboxylic acids is 1. The van der Waals surface area contributed by atoms with E-state index in [-0.39, 0.29) is 16.8 Å². The maximum atomic E-state index is 12.8. The van der Waals surface area contributed by atoms with Gasteiger partial charge in [-0.2, -0.15) is 0 Å². The van der Waals surface area contributed by atoms with Gasteiger partial charge in [-0.3, -0.25) is 14.9 Å². The molecule has 2 rings (SSSR count). The van der Waals surface area contributed by atoms with Crippen LogP contribution in [0, 0.1) is 10.1 Å². The van der Waals surface area contributed by atoms with Crippen LogP contribution in [0.3, 0.4) is 0 Å². The summed E-state index contributed by atoms with van der Waals surface area (Å²) in [6, 6.07) is 16.3. The molecule has 0 N–H and O–H groups in total. The van der Waals surface area contributed by atoms with E-state index in [0.29, 0.717) is 13.1 Å². The first-order chi connectivity index (χ1) is 12.5. The zero-order valence-electron chi connectivity index (χ0n) is 14.7. The van der Waals surface area contributed by atoms with E-state index in [1.807, 2.05) is 37.3 Å². The molecule has 136 valence electrons. The van der Waals surface area contributed by atoms with Crippen molar-refractivity contribution in [3.63, 3.8) is 0 Å². The third-order valence-electron chi connectivity index (χ3n) is 3.88. The van der Waals surface area contributed by atoms with Gasteiger partial charge in [0.2, 0.25) is 5.91 Å². The number of amides is 1. The molecule has 1 unspecified atom stereocenters. The normalized spacial score (nSPS) is 11.6. The maximum absolute atomic E-state index is 12.8. The third kappa shape index (κ3) is 5.74. The predicted octanol–water partition coefficient (Wildman–Crippen LogP) is 4.33. The Labute approximate surface area is 157 Å². The highest BCUT2D eigenvalue weighted by molar-refractivity contribution is 8.00. The minimum absolute atomic E-state index is 0.0317. The summed E-state index contributed by atoms with van der Waals surface area (Å²) >= 11 is 1.40. The highest BCUT2D eigenvalue weighted by Gasteiger charge is 2.21. The minimum atomic E-state index is -0.432. The van der Waals surface area contributed by atoms with E-state index < -0.39 is 4.92 Å². The lowest BCUT2D eigenvalue weighted by molar-refractivity contribution is -0.384. The number of nitro benzene ring substituents is 1. The molecule has 0 saturated heterocycles. The predicted molar refractivity (Wildman–Crippen MR) is 105 cm³/mol. The van der Waals surface area contributed by atoms with Crippen molar-refractivity contribution >= 4 is 23.4 Å². The highest BCUT2D eigenvalue weighted by Crippen LogP contribution is 2.26. The van der Waals surface area contributed by atoms with Crippen LogP contribution in [0.1, 0.15) is 12.5 Å². The van der Waals surface area contributed by atoms with Crippen LogP contribution in [0.4, 0.5) is 5.69 Å². The number of nitro groups is 1. The Balaban J connectivity index is 1.97. The van der Waals surface area contributed by atoms with Crippen LogP contribution in [0.15, 0.2) is 72.1 Å². The van der Waals surface area contributed by atoms with Crippen molar-refractivity contribution in [3.05, 3.63) is 82.9 Å². The summed E-state index contributed by atoms with van der Waals surface area (Å²) in [6.45, 7) is 6.72. The summed E-state index contributed by atoms with van der Waals surface area (Å²) in [6.07, 6.45) is 2.52. The fourth-order valence-corrected chi connectivity index (χ4v) is 3.47. The van der Waals surface area contributed by atoms with Gasteiger partial charge in [0.05, 0.1) is 10.2 Å². The summed E-state index contributed by atoms with van der Waals surface area (Å²) in [7, 11) is 0. The van der Waals surface area contributed by atoms with Crippen molar-refractivity contribution in [2.45, 2.75) is 23.5 Å². The number of nitrogens with zero attached hydrogens (tertiary/aromatic N) is 2. The van der Waals surface area contributed by atoms with Crippen molar-refractivity contribution in [3.8, 4) is 0 Å². The zero-order valence-corrected chi connectivity index (χ0v) is 15.5. The van der Waals surface area contributed by atoms with Crippen molar-refractivity contribution in [1.82, 2.24) is 4.90 Å². The van der Waals surface area contributed by atoms with Crippen LogP contribution in [0.25, 0.3) is 0 Å². The first-order valence-electron chi connectivity index (χ1n) is 8.36. The molecule has 26 heavy (non-hydrogen) atoms. The molecule has 0 saturated carbocycles. The average Bonchev–Trinajstić information content (AvgIpc) is 2.65. The fourth-order valence-electron chi connectivity index (χ4n) is 2.51. The van der Waals surface area contributed by atoms with Gasteiger partial charge in [-0.05, 0) is 31.0 Å². The SMILES string of the molecule is C=CCN(CCc1ccccc1)C(=O)C(C)Sc1ccc([N+](=O)[O-])cc1. The smallest absolute Gasteiger partial charge is 0.269 e. The molecule has 0 heterocycles. The Kier molecular flexibility index (Phi) is 7.41. The minimum Gasteiger partial charge on any atom is -0.338 e. The number of hydrogen-bond acceptors (Lipinski definition) is 4. The molecule has 0 bridgehead atoms. The lowest BCUT2D eigenvalue weighted by Crippen LogP contribution is -2.38. The lowest BCUT2D eigenvalue weighted by atomic mass is 10.1. The summed E-state index contributed by atoms with van der Waals surface area (Å²) in [5.41, 5.74) is 1.23. The second-order valence-corrected chi connectivity index (χ2v) is 7.23. The lowest BCUT2D eigenvalue weighted by Gasteiger charge is -2.24. The summed E-state index contributed by atoms with van der Waals surface area (Å²) in [5.74, 6) is 0.0317. The van der Waals surface area contributed by atoms with Crippen molar-refractivity contribution in [2.24, 2.45) is 0 Å². The average molecular weight is 370 g/mol. The maximum Gasteiger partial charge on any atom is 0.269 e. The quantitative estimate of drug-likeness (QED) is 0.285. The largest absolute Gasteiger partial charge is 0.338 e. The molecule has 0 aliphatic heterocycles. The number of non-ortho nitro benzene ring substituents is 1. The van der Waals surface area contributed by atoms with Gasteiger partial charge < -0.3 is 4.90 Å². The van der Waals surface area contributed by atoms with Gasteiger partial charge in [-0.1, -0.05) is 36.4 Å². The Hall–Kier alpha value is -2.60. The van der Waals surface area contributed by atoms with Crippen LogP contribution < -0.4 is 0 Å². The van der Waals surface area contributed by atoms with Crippen LogP contribution >= 0.6 is 11.8 Å². The highest BCUT2D eigenvalue weighted by atomic mass is 32.2. The molecule has 0 aliphatic carbocycles. The van der Waals surface area contributed by atoms with Crippen LogP contribution in [0.5, 0.6) is 0 Å². The molecule has 2 aromatic rings. The van der Waals surface area contributed by atoms with E-state index in [9.17, 15) is 14.9 Å². The molecule has 0 aliphatic rings. The molecule has 0 spiro atoms. The Morgan fingerprint density at radius 3 is 2.46 bits per heavy atom. The van der Waals surface area contributed by atoms with Gasteiger partial charge in [-0.25, -0.2) is 0 Å². The molecule has 1 amide bonds. The number of thioether (sulfide) groups is 1. The van der Waals surface area contributed by atoms with Gasteiger partial charge in [0.15, 0.2) is 0 Å². The second-order valence-electron chi connectivity index (χ2n) is 5.82. The first kappa shape index (κ1) is 19.7. The monoisotopic (exact) mass is 370 g/mol. The number of carbonyl (C=O) groups is 1. The van der Waals surface area contributed by atoms with Gasteiger partial charge in [0.1, 0.15) is 0 Å². The Morgan fingerprint density at radius 2 is 1.88 bits per heavy atom. The van der Waals surface area contributed by atoms with E-state index in [1.54, 1.807) is 23.1 Å². The number of hydrogen-bond donors (Lipinski definition) is 0. The molecule has 0 aromatic heterocycles. The van der Waals surface area contributed by atoms with E-state index in [2.05, 4.69) is 6.58 Å². The molecule has 0 radical (unpaired) electrons.